The lowest BCUT2D eigenvalue weighted by Crippen LogP contribution is -2.54. The van der Waals surface area contributed by atoms with Gasteiger partial charge in [0.15, 0.2) is 0 Å². The molecule has 0 radical (unpaired) electrons. The first-order valence-electron chi connectivity index (χ1n) is 7.95. The first kappa shape index (κ1) is 16.1. The topological polar surface area (TPSA) is 72.9 Å². The molecule has 1 saturated carbocycles. The van der Waals surface area contributed by atoms with Crippen LogP contribution in [0.5, 0.6) is 0 Å². The van der Waals surface area contributed by atoms with Crippen LogP contribution in [0.4, 0.5) is 4.79 Å². The molecule has 0 bridgehead atoms. The van der Waals surface area contributed by atoms with Crippen molar-refractivity contribution in [2.75, 3.05) is 32.7 Å². The number of carboxylic acids is 1. The number of aliphatic carboxylic acids is 1. The van der Waals surface area contributed by atoms with E-state index in [1.807, 2.05) is 4.90 Å². The minimum absolute atomic E-state index is 0.0109. The number of urea groups is 1. The molecule has 2 N–H and O–H groups in total. The van der Waals surface area contributed by atoms with Gasteiger partial charge in [-0.2, -0.15) is 0 Å². The summed E-state index contributed by atoms with van der Waals surface area (Å²) < 4.78 is 0. The van der Waals surface area contributed by atoms with Crippen molar-refractivity contribution in [1.29, 1.82) is 0 Å². The SMILES string of the molecule is CC1CCC(NC(=O)N2CCN(CC(=O)O)CC2)CC1C. The van der Waals surface area contributed by atoms with Crippen molar-refractivity contribution in [2.24, 2.45) is 11.8 Å². The van der Waals surface area contributed by atoms with E-state index in [-0.39, 0.29) is 12.6 Å². The fourth-order valence-corrected chi connectivity index (χ4v) is 3.24. The Labute approximate surface area is 126 Å². The standard InChI is InChI=1S/C15H27N3O3/c1-11-3-4-13(9-12(11)2)16-15(21)18-7-5-17(6-8-18)10-14(19)20/h11-13H,3-10H2,1-2H3,(H,16,21)(H,19,20). The Morgan fingerprint density at radius 1 is 1.10 bits per heavy atom. The van der Waals surface area contributed by atoms with E-state index in [2.05, 4.69) is 19.2 Å². The van der Waals surface area contributed by atoms with Gasteiger partial charge in [0, 0.05) is 32.2 Å². The number of carbonyl (C=O) groups excluding carboxylic acids is 1. The van der Waals surface area contributed by atoms with Gasteiger partial charge in [-0.25, -0.2) is 4.79 Å². The predicted octanol–water partition coefficient (Wildman–Crippen LogP) is 1.22. The summed E-state index contributed by atoms with van der Waals surface area (Å²) in [4.78, 5) is 26.6. The first-order valence-corrected chi connectivity index (χ1v) is 7.95. The van der Waals surface area contributed by atoms with Crippen LogP contribution in [-0.2, 0) is 4.79 Å². The summed E-state index contributed by atoms with van der Waals surface area (Å²) in [6, 6.07) is 0.303. The molecule has 2 amide bonds. The highest BCUT2D eigenvalue weighted by Gasteiger charge is 2.28. The first-order chi connectivity index (χ1) is 9.95. The zero-order valence-corrected chi connectivity index (χ0v) is 13.0. The summed E-state index contributed by atoms with van der Waals surface area (Å²) >= 11 is 0. The van der Waals surface area contributed by atoms with Gasteiger partial charge in [0.05, 0.1) is 6.54 Å². The molecule has 0 aromatic rings. The summed E-state index contributed by atoms with van der Waals surface area (Å²) in [6.07, 6.45) is 3.31. The largest absolute Gasteiger partial charge is 0.480 e. The number of nitrogens with zero attached hydrogens (tertiary/aromatic N) is 2. The molecule has 0 aromatic heterocycles. The third-order valence-electron chi connectivity index (χ3n) is 4.94. The Bertz CT molecular complexity index is 380. The highest BCUT2D eigenvalue weighted by Crippen LogP contribution is 2.29. The molecule has 6 heteroatoms. The molecule has 1 saturated heterocycles. The van der Waals surface area contributed by atoms with Crippen LogP contribution in [0.15, 0.2) is 0 Å². The van der Waals surface area contributed by atoms with Crippen molar-refractivity contribution >= 4 is 12.0 Å². The van der Waals surface area contributed by atoms with Gasteiger partial charge in [0.1, 0.15) is 0 Å². The molecule has 21 heavy (non-hydrogen) atoms. The third-order valence-corrected chi connectivity index (χ3v) is 4.94. The van der Waals surface area contributed by atoms with Crippen LogP contribution in [-0.4, -0.2) is 65.7 Å². The third kappa shape index (κ3) is 4.59. The van der Waals surface area contributed by atoms with E-state index in [9.17, 15) is 9.59 Å². The lowest BCUT2D eigenvalue weighted by atomic mass is 9.79. The van der Waals surface area contributed by atoms with Crippen molar-refractivity contribution in [3.05, 3.63) is 0 Å². The maximum Gasteiger partial charge on any atom is 0.317 e. The Morgan fingerprint density at radius 2 is 1.76 bits per heavy atom. The van der Waals surface area contributed by atoms with Crippen LogP contribution in [0.2, 0.25) is 0 Å². The van der Waals surface area contributed by atoms with E-state index >= 15 is 0 Å². The maximum absolute atomic E-state index is 12.3. The summed E-state index contributed by atoms with van der Waals surface area (Å²) in [5, 5.41) is 11.9. The normalized spacial score (nSPS) is 31.0. The van der Waals surface area contributed by atoms with Gasteiger partial charge >= 0.3 is 12.0 Å². The number of nitrogens with one attached hydrogen (secondary N) is 1. The van der Waals surface area contributed by atoms with Crippen molar-refractivity contribution in [3.63, 3.8) is 0 Å². The van der Waals surface area contributed by atoms with E-state index < -0.39 is 5.97 Å². The van der Waals surface area contributed by atoms with Crippen LogP contribution in [0.1, 0.15) is 33.1 Å². The average Bonchev–Trinajstić information content (AvgIpc) is 2.43. The molecule has 1 aliphatic heterocycles. The number of piperazine rings is 1. The number of rotatable bonds is 3. The zero-order chi connectivity index (χ0) is 15.4. The van der Waals surface area contributed by atoms with Crippen molar-refractivity contribution in [1.82, 2.24) is 15.1 Å². The Hall–Kier alpha value is -1.30. The van der Waals surface area contributed by atoms with Gasteiger partial charge < -0.3 is 15.3 Å². The summed E-state index contributed by atoms with van der Waals surface area (Å²) in [7, 11) is 0. The molecular formula is C15H27N3O3. The number of hydrogen-bond donors (Lipinski definition) is 2. The number of hydrogen-bond acceptors (Lipinski definition) is 3. The van der Waals surface area contributed by atoms with Crippen LogP contribution < -0.4 is 5.32 Å². The molecule has 1 aliphatic carbocycles. The number of carboxylic acid groups (broad SMARTS) is 1. The molecule has 120 valence electrons. The second-order valence-corrected chi connectivity index (χ2v) is 6.57. The van der Waals surface area contributed by atoms with Crippen molar-refractivity contribution in [3.8, 4) is 0 Å². The maximum atomic E-state index is 12.3. The van der Waals surface area contributed by atoms with Crippen LogP contribution in [0.3, 0.4) is 0 Å². The molecule has 2 rings (SSSR count). The molecular weight excluding hydrogens is 270 g/mol. The number of carbonyl (C=O) groups is 2. The van der Waals surface area contributed by atoms with Gasteiger partial charge in [-0.15, -0.1) is 0 Å². The molecule has 3 unspecified atom stereocenters. The van der Waals surface area contributed by atoms with E-state index in [4.69, 9.17) is 5.11 Å². The average molecular weight is 297 g/mol. The minimum Gasteiger partial charge on any atom is -0.480 e. The van der Waals surface area contributed by atoms with Gasteiger partial charge in [0.25, 0.3) is 0 Å². The van der Waals surface area contributed by atoms with E-state index in [0.29, 0.717) is 38.1 Å². The smallest absolute Gasteiger partial charge is 0.317 e. The number of amides is 2. The molecule has 0 aromatic carbocycles. The molecule has 2 aliphatic rings. The fraction of sp³-hybridized carbons (Fsp3) is 0.867. The van der Waals surface area contributed by atoms with Gasteiger partial charge in [-0.3, -0.25) is 9.69 Å². The van der Waals surface area contributed by atoms with Gasteiger partial charge in [-0.1, -0.05) is 13.8 Å². The predicted molar refractivity (Wildman–Crippen MR) is 80.1 cm³/mol. The second-order valence-electron chi connectivity index (χ2n) is 6.57. The Kier molecular flexibility index (Phi) is 5.45. The molecule has 2 fully saturated rings. The monoisotopic (exact) mass is 297 g/mol. The fourth-order valence-electron chi connectivity index (χ4n) is 3.24. The van der Waals surface area contributed by atoms with Gasteiger partial charge in [-0.05, 0) is 31.1 Å². The minimum atomic E-state index is -0.807. The quantitative estimate of drug-likeness (QED) is 0.821. The van der Waals surface area contributed by atoms with Crippen LogP contribution in [0, 0.1) is 11.8 Å². The van der Waals surface area contributed by atoms with Crippen molar-refractivity contribution in [2.45, 2.75) is 39.2 Å². The summed E-state index contributed by atoms with van der Waals surface area (Å²) in [5.74, 6) is 0.604. The Balaban J connectivity index is 1.73. The van der Waals surface area contributed by atoms with E-state index in [0.717, 1.165) is 18.8 Å². The lowest BCUT2D eigenvalue weighted by Gasteiger charge is -2.37. The zero-order valence-electron chi connectivity index (χ0n) is 13.0. The summed E-state index contributed by atoms with van der Waals surface area (Å²) in [5.41, 5.74) is 0. The highest BCUT2D eigenvalue weighted by molar-refractivity contribution is 5.74. The highest BCUT2D eigenvalue weighted by atomic mass is 16.4. The van der Waals surface area contributed by atoms with Crippen LogP contribution in [0.25, 0.3) is 0 Å². The van der Waals surface area contributed by atoms with Crippen LogP contribution >= 0.6 is 0 Å². The lowest BCUT2D eigenvalue weighted by molar-refractivity contribution is -0.138. The van der Waals surface area contributed by atoms with Crippen molar-refractivity contribution < 1.29 is 14.7 Å². The van der Waals surface area contributed by atoms with E-state index in [1.165, 1.54) is 6.42 Å². The Morgan fingerprint density at radius 3 is 2.33 bits per heavy atom. The molecule has 3 atom stereocenters. The molecule has 0 spiro atoms. The summed E-state index contributed by atoms with van der Waals surface area (Å²) in [6.45, 7) is 7.09. The van der Waals surface area contributed by atoms with Gasteiger partial charge in [0.2, 0.25) is 0 Å². The second kappa shape index (κ2) is 7.11. The molecule has 6 nitrogen and oxygen atoms in total. The van der Waals surface area contributed by atoms with E-state index in [1.54, 1.807) is 4.90 Å². The molecule has 1 heterocycles.